The topological polar surface area (TPSA) is 77.4 Å². The van der Waals surface area contributed by atoms with Crippen LogP contribution >= 0.6 is 0 Å². The van der Waals surface area contributed by atoms with Crippen molar-refractivity contribution in [2.45, 2.75) is 39.3 Å². The molecular weight excluding hydrogens is 807 g/mol. The fraction of sp³-hybridized carbons (Fsp3) is 0.115. The number of hydrogen-bond donors (Lipinski definition) is 0. The lowest BCUT2D eigenvalue weighted by Crippen LogP contribution is -2.38. The fourth-order valence-corrected chi connectivity index (χ4v) is 14.4. The zero-order valence-electron chi connectivity index (χ0n) is 35.6. The molecule has 10 heteroatoms. The van der Waals surface area contributed by atoms with Gasteiger partial charge in [0.05, 0.1) is 49.2 Å². The number of fused-ring (bicyclic) bond motifs is 7. The summed E-state index contributed by atoms with van der Waals surface area (Å²) in [5, 5.41) is 15.4. The van der Waals surface area contributed by atoms with E-state index in [1.807, 2.05) is 0 Å². The molecule has 0 unspecified atom stereocenters. The molecule has 3 aliphatic rings. The maximum absolute atomic E-state index is 5.55. The number of hydrogen-bond acceptors (Lipinski definition) is 7. The van der Waals surface area contributed by atoms with Crippen molar-refractivity contribution in [3.8, 4) is 22.3 Å². The highest BCUT2D eigenvalue weighted by atomic mass is 28.4. The smallest absolute Gasteiger partial charge is 0.298 e. The summed E-state index contributed by atoms with van der Waals surface area (Å²) in [7, 11) is -7.05. The predicted molar refractivity (Wildman–Crippen MR) is 261 cm³/mol. The molecule has 0 saturated heterocycles. The maximum atomic E-state index is 5.55. The SMILES string of the molecule is C[Si]1(C)N=c2cccc(N(c3ccc(-c4ccc5cc6ccccc6cc5c4)c4c3=N[Si](C)(C)N=4)c3ccc(-c4ccc5cc6ccccc6cc5c4)c4c3=N[Si](C)(C)N=4)c2=N1. The highest BCUT2D eigenvalue weighted by Crippen LogP contribution is 2.34. The molecule has 0 amide bonds. The Labute approximate surface area is 361 Å². The van der Waals surface area contributed by atoms with Gasteiger partial charge in [-0.25, -0.2) is 0 Å². The van der Waals surface area contributed by atoms with E-state index < -0.39 is 25.2 Å². The third-order valence-corrected chi connectivity index (χ3v) is 17.0. The average Bonchev–Trinajstić information content (AvgIpc) is 3.88. The number of benzene rings is 9. The first-order chi connectivity index (χ1) is 29.9. The van der Waals surface area contributed by atoms with Crippen LogP contribution in [0.15, 0.2) is 180 Å². The molecule has 0 N–H and O–H groups in total. The Morgan fingerprint density at radius 1 is 0.306 bits per heavy atom. The van der Waals surface area contributed by atoms with Gasteiger partial charge in [-0.3, -0.25) is 27.9 Å². The third kappa shape index (κ3) is 6.04. The lowest BCUT2D eigenvalue weighted by molar-refractivity contribution is 1.17. The minimum absolute atomic E-state index is 0.910. The van der Waals surface area contributed by atoms with Crippen LogP contribution in [0, 0.1) is 0 Å². The van der Waals surface area contributed by atoms with Crippen molar-refractivity contribution >= 4 is 85.3 Å². The van der Waals surface area contributed by atoms with Crippen LogP contribution in [0.4, 0.5) is 17.1 Å². The molecule has 0 atom stereocenters. The first-order valence-electron chi connectivity index (χ1n) is 21.4. The van der Waals surface area contributed by atoms with E-state index in [0.717, 1.165) is 71.5 Å². The van der Waals surface area contributed by atoms with E-state index in [1.54, 1.807) is 0 Å². The van der Waals surface area contributed by atoms with Crippen LogP contribution in [-0.4, -0.2) is 25.2 Å². The second kappa shape index (κ2) is 13.1. The van der Waals surface area contributed by atoms with Gasteiger partial charge in [-0.15, -0.1) is 0 Å². The monoisotopic (exact) mass is 849 g/mol. The highest BCUT2D eigenvalue weighted by molar-refractivity contribution is 6.75. The van der Waals surface area contributed by atoms with E-state index >= 15 is 0 Å². The number of nitrogens with zero attached hydrogens (tertiary/aromatic N) is 7. The molecule has 12 rings (SSSR count). The first-order valence-corrected chi connectivity index (χ1v) is 30.0. The standard InChI is InChI=1S/C52H43N7Si3/c1-60(2)53-44-16-11-17-45(50(44)56-60)59(46-24-22-42(48-51(46)57-61(3,4)54-48)38-20-18-36-26-32-12-7-9-14-34(32)28-40(36)30-38)47-25-23-43(49-52(47)58-62(5,6)55-49)39-21-19-37-27-33-13-8-10-15-35(33)29-41(37)31-39/h7-31H,1-6H3. The van der Waals surface area contributed by atoms with Crippen molar-refractivity contribution < 1.29 is 0 Å². The van der Waals surface area contributed by atoms with Gasteiger partial charge in [0.25, 0.3) is 25.2 Å². The largest absolute Gasteiger partial charge is 0.304 e. The van der Waals surface area contributed by atoms with E-state index in [0.29, 0.717) is 0 Å². The minimum atomic E-state index is -2.40. The van der Waals surface area contributed by atoms with Gasteiger partial charge < -0.3 is 4.90 Å². The van der Waals surface area contributed by atoms with Gasteiger partial charge in [0.1, 0.15) is 0 Å². The molecule has 298 valence electrons. The third-order valence-electron chi connectivity index (χ3n) is 12.3. The first kappa shape index (κ1) is 37.1. The van der Waals surface area contributed by atoms with Crippen LogP contribution in [0.1, 0.15) is 0 Å². The van der Waals surface area contributed by atoms with Crippen LogP contribution in [0.3, 0.4) is 0 Å². The molecule has 3 aliphatic heterocycles. The minimum Gasteiger partial charge on any atom is -0.304 e. The summed E-state index contributed by atoms with van der Waals surface area (Å²) in [6.07, 6.45) is 0. The van der Waals surface area contributed by atoms with E-state index in [2.05, 4.69) is 196 Å². The summed E-state index contributed by atoms with van der Waals surface area (Å²) < 4.78 is 32.6. The zero-order valence-corrected chi connectivity index (χ0v) is 38.6. The number of rotatable bonds is 5. The molecule has 0 aliphatic carbocycles. The van der Waals surface area contributed by atoms with Crippen molar-refractivity contribution in [1.82, 2.24) is 0 Å². The molecule has 0 aromatic heterocycles. The second-order valence-corrected chi connectivity index (χ2v) is 28.6. The van der Waals surface area contributed by atoms with E-state index in [1.165, 1.54) is 43.1 Å². The molecule has 0 bridgehead atoms. The predicted octanol–water partition coefficient (Wildman–Crippen LogP) is 9.97. The number of anilines is 3. The normalized spacial score (nSPS) is 16.1. The molecule has 3 heterocycles. The van der Waals surface area contributed by atoms with Crippen molar-refractivity contribution in [2.24, 2.45) is 27.9 Å². The van der Waals surface area contributed by atoms with Crippen LogP contribution in [0.2, 0.25) is 39.3 Å². The summed E-state index contributed by atoms with van der Waals surface area (Å²) >= 11 is 0. The lowest BCUT2D eigenvalue weighted by atomic mass is 9.97. The summed E-state index contributed by atoms with van der Waals surface area (Å²) in [5.41, 5.74) is 7.32. The second-order valence-electron chi connectivity index (χ2n) is 18.3. The van der Waals surface area contributed by atoms with Crippen LogP contribution < -0.4 is 37.0 Å². The van der Waals surface area contributed by atoms with Gasteiger partial charge in [0.15, 0.2) is 0 Å². The van der Waals surface area contributed by atoms with Crippen LogP contribution in [0.25, 0.3) is 65.3 Å². The Hall–Kier alpha value is -6.73. The van der Waals surface area contributed by atoms with E-state index in [4.69, 9.17) is 27.9 Å². The average molecular weight is 850 g/mol. The Bertz CT molecular complexity index is 3670. The molecule has 0 spiro atoms. The Kier molecular flexibility index (Phi) is 7.85. The van der Waals surface area contributed by atoms with Crippen molar-refractivity contribution in [1.29, 1.82) is 0 Å². The molecule has 9 aromatic rings. The van der Waals surface area contributed by atoms with Gasteiger partial charge in [0, 0.05) is 11.1 Å². The highest BCUT2D eigenvalue weighted by Gasteiger charge is 2.33. The summed E-state index contributed by atoms with van der Waals surface area (Å²) in [5.74, 6) is 0. The van der Waals surface area contributed by atoms with Gasteiger partial charge >= 0.3 is 0 Å². The quantitative estimate of drug-likeness (QED) is 0.126. The Balaban J connectivity index is 1.10. The zero-order chi connectivity index (χ0) is 42.1. The molecule has 0 fully saturated rings. The van der Waals surface area contributed by atoms with Crippen molar-refractivity contribution in [2.75, 3.05) is 4.90 Å². The van der Waals surface area contributed by atoms with Crippen LogP contribution in [0.5, 0.6) is 0 Å². The van der Waals surface area contributed by atoms with Gasteiger partial charge in [-0.1, -0.05) is 91.0 Å². The summed E-state index contributed by atoms with van der Waals surface area (Å²) in [6, 6.07) is 55.2. The van der Waals surface area contributed by atoms with E-state index in [-0.39, 0.29) is 0 Å². The molecular formula is C52H43N7Si3. The fourth-order valence-electron chi connectivity index (χ4n) is 9.66. The maximum Gasteiger partial charge on any atom is 0.298 e. The van der Waals surface area contributed by atoms with Gasteiger partial charge in [0.2, 0.25) is 0 Å². The Morgan fingerprint density at radius 3 is 1.18 bits per heavy atom. The van der Waals surface area contributed by atoms with E-state index in [9.17, 15) is 0 Å². The molecule has 62 heavy (non-hydrogen) atoms. The Morgan fingerprint density at radius 2 is 0.694 bits per heavy atom. The van der Waals surface area contributed by atoms with Crippen molar-refractivity contribution in [3.63, 3.8) is 0 Å². The molecule has 7 nitrogen and oxygen atoms in total. The van der Waals surface area contributed by atoms with Gasteiger partial charge in [-0.05, 0) is 154 Å². The van der Waals surface area contributed by atoms with Crippen LogP contribution in [-0.2, 0) is 0 Å². The van der Waals surface area contributed by atoms with Crippen molar-refractivity contribution in [3.05, 3.63) is 184 Å². The summed E-state index contributed by atoms with van der Waals surface area (Å²) in [4.78, 5) is 2.35. The molecule has 9 aromatic carbocycles. The summed E-state index contributed by atoms with van der Waals surface area (Å²) in [6.45, 7) is 13.3. The molecule has 0 radical (unpaired) electrons. The lowest BCUT2D eigenvalue weighted by Gasteiger charge is -2.26. The van der Waals surface area contributed by atoms with Gasteiger partial charge in [-0.2, -0.15) is 0 Å². The molecule has 0 saturated carbocycles.